The van der Waals surface area contributed by atoms with Crippen LogP contribution in [0.2, 0.25) is 0 Å². The monoisotopic (exact) mass is 409 g/mol. The third kappa shape index (κ3) is 3.47. The summed E-state index contributed by atoms with van der Waals surface area (Å²) < 4.78 is 18.9. The standard InChI is InChI=1S/C20H20FN7O2/c1-3-26-17-6-4-5-7-18(17)27(20(26)30)11-10-19(29)22-16-12-14(8-9-15(16)21)28-13(2)23-24-25-28/h4-9,12H,3,10-11H2,1-2H3,(H,22,29). The maximum Gasteiger partial charge on any atom is 0.329 e. The van der Waals surface area contributed by atoms with Crippen LogP contribution >= 0.6 is 0 Å². The molecule has 0 atom stereocenters. The first-order valence-corrected chi connectivity index (χ1v) is 9.52. The van der Waals surface area contributed by atoms with E-state index < -0.39 is 11.7 Å². The van der Waals surface area contributed by atoms with E-state index >= 15 is 0 Å². The molecule has 0 aliphatic carbocycles. The van der Waals surface area contributed by atoms with Crippen LogP contribution < -0.4 is 11.0 Å². The van der Waals surface area contributed by atoms with Crippen molar-refractivity contribution in [3.05, 3.63) is 64.6 Å². The van der Waals surface area contributed by atoms with Crippen molar-refractivity contribution in [2.24, 2.45) is 0 Å². The van der Waals surface area contributed by atoms with Gasteiger partial charge in [0.25, 0.3) is 0 Å². The fourth-order valence-electron chi connectivity index (χ4n) is 3.43. The highest BCUT2D eigenvalue weighted by molar-refractivity contribution is 5.91. The second-order valence-electron chi connectivity index (χ2n) is 6.77. The van der Waals surface area contributed by atoms with E-state index in [1.54, 1.807) is 16.1 Å². The van der Waals surface area contributed by atoms with Crippen molar-refractivity contribution in [3.63, 3.8) is 0 Å². The minimum absolute atomic E-state index is 0.0191. The maximum atomic E-state index is 14.2. The number of carbonyl (C=O) groups excluding carboxylic acids is 1. The van der Waals surface area contributed by atoms with Crippen LogP contribution in [-0.2, 0) is 17.9 Å². The summed E-state index contributed by atoms with van der Waals surface area (Å²) in [6.07, 6.45) is 0.0191. The summed E-state index contributed by atoms with van der Waals surface area (Å²) in [6, 6.07) is 11.7. The number of imidazole rings is 1. The maximum absolute atomic E-state index is 14.2. The number of halogens is 1. The zero-order valence-corrected chi connectivity index (χ0v) is 16.5. The predicted octanol–water partition coefficient (Wildman–Crippen LogP) is 2.27. The molecule has 154 valence electrons. The smallest absolute Gasteiger partial charge is 0.323 e. The van der Waals surface area contributed by atoms with Crippen molar-refractivity contribution in [1.29, 1.82) is 0 Å². The SMILES string of the molecule is CCn1c(=O)n(CCC(=O)Nc2cc(-n3nnnc3C)ccc2F)c2ccccc21. The number of amides is 1. The lowest BCUT2D eigenvalue weighted by Gasteiger charge is -2.09. The molecule has 9 nitrogen and oxygen atoms in total. The average Bonchev–Trinajstić information content (AvgIpc) is 3.28. The van der Waals surface area contributed by atoms with Gasteiger partial charge in [-0.3, -0.25) is 13.9 Å². The van der Waals surface area contributed by atoms with Gasteiger partial charge in [-0.05, 0) is 54.6 Å². The number of benzene rings is 2. The van der Waals surface area contributed by atoms with E-state index in [-0.39, 0.29) is 24.3 Å². The van der Waals surface area contributed by atoms with E-state index in [1.165, 1.54) is 22.9 Å². The molecule has 0 radical (unpaired) electrons. The highest BCUT2D eigenvalue weighted by atomic mass is 19.1. The average molecular weight is 409 g/mol. The molecular formula is C20H20FN7O2. The lowest BCUT2D eigenvalue weighted by atomic mass is 10.2. The van der Waals surface area contributed by atoms with Gasteiger partial charge < -0.3 is 5.32 Å². The molecular weight excluding hydrogens is 389 g/mol. The quantitative estimate of drug-likeness (QED) is 0.527. The number of carbonyl (C=O) groups is 1. The lowest BCUT2D eigenvalue weighted by molar-refractivity contribution is -0.116. The van der Waals surface area contributed by atoms with Gasteiger partial charge in [-0.25, -0.2) is 9.18 Å². The first-order valence-electron chi connectivity index (χ1n) is 9.52. The van der Waals surface area contributed by atoms with E-state index in [1.807, 2.05) is 31.2 Å². The predicted molar refractivity (Wildman–Crippen MR) is 109 cm³/mol. The first kappa shape index (κ1) is 19.5. The van der Waals surface area contributed by atoms with Crippen molar-refractivity contribution < 1.29 is 9.18 Å². The Hall–Kier alpha value is -3.82. The molecule has 0 saturated carbocycles. The van der Waals surface area contributed by atoms with Gasteiger partial charge in [-0.2, -0.15) is 4.68 Å². The molecule has 1 N–H and O–H groups in total. The molecule has 0 fully saturated rings. The normalized spacial score (nSPS) is 11.2. The van der Waals surface area contributed by atoms with Crippen molar-refractivity contribution in [3.8, 4) is 5.69 Å². The highest BCUT2D eigenvalue weighted by Crippen LogP contribution is 2.19. The number of hydrogen-bond acceptors (Lipinski definition) is 5. The van der Waals surface area contributed by atoms with Gasteiger partial charge >= 0.3 is 5.69 Å². The summed E-state index contributed by atoms with van der Waals surface area (Å²) in [5.41, 5.74) is 1.96. The van der Waals surface area contributed by atoms with Crippen molar-refractivity contribution in [1.82, 2.24) is 29.3 Å². The number of nitrogens with one attached hydrogen (secondary N) is 1. The van der Waals surface area contributed by atoms with Crippen LogP contribution in [0.4, 0.5) is 10.1 Å². The Morgan fingerprint density at radius 2 is 1.87 bits per heavy atom. The van der Waals surface area contributed by atoms with Gasteiger partial charge in [0.15, 0.2) is 5.82 Å². The largest absolute Gasteiger partial charge is 0.329 e. The minimum atomic E-state index is -0.572. The molecule has 1 amide bonds. The summed E-state index contributed by atoms with van der Waals surface area (Å²) >= 11 is 0. The van der Waals surface area contributed by atoms with Crippen LogP contribution in [0, 0.1) is 12.7 Å². The fraction of sp³-hybridized carbons (Fsp3) is 0.250. The third-order valence-corrected chi connectivity index (χ3v) is 4.90. The van der Waals surface area contributed by atoms with Gasteiger partial charge in [-0.1, -0.05) is 12.1 Å². The first-order chi connectivity index (χ1) is 14.5. The summed E-state index contributed by atoms with van der Waals surface area (Å²) in [5.74, 6) is -0.442. The fourth-order valence-corrected chi connectivity index (χ4v) is 3.43. The second kappa shape index (κ2) is 7.90. The Kier molecular flexibility index (Phi) is 5.13. The molecule has 0 unspecified atom stereocenters. The minimum Gasteiger partial charge on any atom is -0.323 e. The van der Waals surface area contributed by atoms with Crippen LogP contribution in [0.15, 0.2) is 47.3 Å². The summed E-state index contributed by atoms with van der Waals surface area (Å²) in [6.45, 7) is 4.33. The van der Waals surface area contributed by atoms with Gasteiger partial charge in [0.05, 0.1) is 22.4 Å². The van der Waals surface area contributed by atoms with E-state index in [0.717, 1.165) is 11.0 Å². The van der Waals surface area contributed by atoms with E-state index in [4.69, 9.17) is 0 Å². The van der Waals surface area contributed by atoms with Gasteiger partial charge in [0, 0.05) is 19.5 Å². The van der Waals surface area contributed by atoms with Crippen LogP contribution in [0.5, 0.6) is 0 Å². The third-order valence-electron chi connectivity index (χ3n) is 4.90. The number of fused-ring (bicyclic) bond motifs is 1. The molecule has 0 aliphatic rings. The van der Waals surface area contributed by atoms with E-state index in [0.29, 0.717) is 18.1 Å². The molecule has 0 bridgehead atoms. The zero-order valence-electron chi connectivity index (χ0n) is 16.5. The molecule has 4 aromatic rings. The van der Waals surface area contributed by atoms with E-state index in [2.05, 4.69) is 20.8 Å². The Balaban J connectivity index is 1.53. The Bertz CT molecular complexity index is 1290. The number of aryl methyl sites for hydroxylation is 3. The molecule has 0 spiro atoms. The molecule has 2 heterocycles. The molecule has 2 aromatic carbocycles. The number of rotatable bonds is 6. The number of anilines is 1. The summed E-state index contributed by atoms with van der Waals surface area (Å²) in [5, 5.41) is 13.8. The Labute approximate surface area is 170 Å². The van der Waals surface area contributed by atoms with Gasteiger partial charge in [-0.15, -0.1) is 5.10 Å². The number of nitrogens with zero attached hydrogens (tertiary/aromatic N) is 6. The van der Waals surface area contributed by atoms with Crippen molar-refractivity contribution in [2.75, 3.05) is 5.32 Å². The highest BCUT2D eigenvalue weighted by Gasteiger charge is 2.14. The second-order valence-corrected chi connectivity index (χ2v) is 6.77. The molecule has 2 aromatic heterocycles. The molecule has 0 aliphatic heterocycles. The molecule has 30 heavy (non-hydrogen) atoms. The summed E-state index contributed by atoms with van der Waals surface area (Å²) in [7, 11) is 0. The number of hydrogen-bond donors (Lipinski definition) is 1. The Morgan fingerprint density at radius 3 is 2.53 bits per heavy atom. The van der Waals surface area contributed by atoms with Crippen LogP contribution in [0.3, 0.4) is 0 Å². The van der Waals surface area contributed by atoms with Crippen molar-refractivity contribution in [2.45, 2.75) is 33.4 Å². The van der Waals surface area contributed by atoms with Crippen molar-refractivity contribution >= 4 is 22.6 Å². The number of aromatic nitrogens is 6. The van der Waals surface area contributed by atoms with Gasteiger partial charge in [0.2, 0.25) is 5.91 Å². The summed E-state index contributed by atoms with van der Waals surface area (Å²) in [4.78, 5) is 25.1. The van der Waals surface area contributed by atoms with Gasteiger partial charge in [0.1, 0.15) is 5.82 Å². The zero-order chi connectivity index (χ0) is 21.3. The van der Waals surface area contributed by atoms with Crippen LogP contribution in [0.25, 0.3) is 16.7 Å². The van der Waals surface area contributed by atoms with E-state index in [9.17, 15) is 14.0 Å². The van der Waals surface area contributed by atoms with Crippen LogP contribution in [-0.4, -0.2) is 35.2 Å². The molecule has 10 heteroatoms. The van der Waals surface area contributed by atoms with Crippen LogP contribution in [0.1, 0.15) is 19.2 Å². The Morgan fingerprint density at radius 1 is 1.13 bits per heavy atom. The topological polar surface area (TPSA) is 99.6 Å². The molecule has 4 rings (SSSR count). The lowest BCUT2D eigenvalue weighted by Crippen LogP contribution is -2.25. The molecule has 0 saturated heterocycles. The number of para-hydroxylation sites is 2. The number of tetrazole rings is 1.